The van der Waals surface area contributed by atoms with Gasteiger partial charge in [-0.1, -0.05) is 37.3 Å². The van der Waals surface area contributed by atoms with Crippen LogP contribution in [0.5, 0.6) is 5.75 Å². The van der Waals surface area contributed by atoms with E-state index < -0.39 is 10.1 Å². The summed E-state index contributed by atoms with van der Waals surface area (Å²) in [6.45, 7) is 2.02. The van der Waals surface area contributed by atoms with Gasteiger partial charge in [0.25, 0.3) is 0 Å². The monoisotopic (exact) mass is 262 g/mol. The molecule has 2 aromatic rings. The van der Waals surface area contributed by atoms with Crippen molar-refractivity contribution in [2.75, 3.05) is 0 Å². The molecular formula is C14H14O3S. The molecular weight excluding hydrogens is 248 g/mol. The van der Waals surface area contributed by atoms with E-state index in [9.17, 15) is 8.42 Å². The summed E-state index contributed by atoms with van der Waals surface area (Å²) in [5.74, 6) is 0.317. The van der Waals surface area contributed by atoms with Gasteiger partial charge in [0.1, 0.15) is 10.6 Å². The summed E-state index contributed by atoms with van der Waals surface area (Å²) in [4.78, 5) is 0.170. The van der Waals surface area contributed by atoms with Crippen molar-refractivity contribution < 1.29 is 12.6 Å². The fourth-order valence-electron chi connectivity index (χ4n) is 1.54. The van der Waals surface area contributed by atoms with E-state index in [-0.39, 0.29) is 4.90 Å². The average Bonchev–Trinajstić information content (AvgIpc) is 2.39. The Kier molecular flexibility index (Phi) is 3.67. The van der Waals surface area contributed by atoms with Gasteiger partial charge >= 0.3 is 10.1 Å². The summed E-state index contributed by atoms with van der Waals surface area (Å²) >= 11 is 0. The lowest BCUT2D eigenvalue weighted by Gasteiger charge is -2.07. The molecule has 0 atom stereocenters. The van der Waals surface area contributed by atoms with Crippen LogP contribution in [0.15, 0.2) is 59.5 Å². The van der Waals surface area contributed by atoms with Gasteiger partial charge in [-0.05, 0) is 36.2 Å². The van der Waals surface area contributed by atoms with Crippen LogP contribution in [0.3, 0.4) is 0 Å². The molecule has 4 heteroatoms. The highest BCUT2D eigenvalue weighted by molar-refractivity contribution is 7.87. The molecule has 2 rings (SSSR count). The van der Waals surface area contributed by atoms with Crippen LogP contribution in [0.2, 0.25) is 0 Å². The van der Waals surface area contributed by atoms with Crippen LogP contribution in [-0.4, -0.2) is 8.42 Å². The largest absolute Gasteiger partial charge is 0.379 e. The van der Waals surface area contributed by atoms with Gasteiger partial charge in [-0.2, -0.15) is 8.42 Å². The summed E-state index contributed by atoms with van der Waals surface area (Å²) in [5.41, 5.74) is 1.09. The summed E-state index contributed by atoms with van der Waals surface area (Å²) in [6, 6.07) is 15.2. The maximum atomic E-state index is 12.0. The van der Waals surface area contributed by atoms with E-state index in [0.717, 1.165) is 12.0 Å². The number of rotatable bonds is 4. The Morgan fingerprint density at radius 2 is 1.56 bits per heavy atom. The molecule has 0 radical (unpaired) electrons. The van der Waals surface area contributed by atoms with Crippen molar-refractivity contribution in [1.82, 2.24) is 0 Å². The topological polar surface area (TPSA) is 43.4 Å². The second-order valence-corrected chi connectivity index (χ2v) is 5.39. The van der Waals surface area contributed by atoms with Gasteiger partial charge in [0.2, 0.25) is 0 Å². The summed E-state index contributed by atoms with van der Waals surface area (Å²) in [5, 5.41) is 0. The molecule has 0 aromatic heterocycles. The summed E-state index contributed by atoms with van der Waals surface area (Å²) in [6.07, 6.45) is 0.875. The lowest BCUT2D eigenvalue weighted by molar-refractivity contribution is 0.486. The molecule has 0 fully saturated rings. The molecule has 0 aliphatic carbocycles. The number of aryl methyl sites for hydroxylation is 1. The van der Waals surface area contributed by atoms with Crippen molar-refractivity contribution in [3.05, 3.63) is 60.2 Å². The Labute approximate surface area is 107 Å². The van der Waals surface area contributed by atoms with Gasteiger partial charge in [-0.15, -0.1) is 0 Å². The highest BCUT2D eigenvalue weighted by atomic mass is 32.2. The van der Waals surface area contributed by atoms with E-state index >= 15 is 0 Å². The third-order valence-corrected chi connectivity index (χ3v) is 3.83. The molecule has 0 aliphatic heterocycles. The van der Waals surface area contributed by atoms with Crippen LogP contribution in [-0.2, 0) is 16.5 Å². The molecule has 3 nitrogen and oxygen atoms in total. The molecule has 0 amide bonds. The smallest absolute Gasteiger partial charge is 0.339 e. The third kappa shape index (κ3) is 2.90. The number of para-hydroxylation sites is 1. The average molecular weight is 262 g/mol. The van der Waals surface area contributed by atoms with E-state index in [1.54, 1.807) is 54.6 Å². The molecule has 18 heavy (non-hydrogen) atoms. The molecule has 94 valence electrons. The first-order valence-electron chi connectivity index (χ1n) is 5.70. The van der Waals surface area contributed by atoms with E-state index in [1.807, 2.05) is 6.92 Å². The Morgan fingerprint density at radius 1 is 0.944 bits per heavy atom. The van der Waals surface area contributed by atoms with E-state index in [0.29, 0.717) is 5.75 Å². The van der Waals surface area contributed by atoms with Crippen LogP contribution >= 0.6 is 0 Å². The lowest BCUT2D eigenvalue weighted by Crippen LogP contribution is -2.09. The lowest BCUT2D eigenvalue weighted by atomic mass is 10.2. The molecule has 0 unspecified atom stereocenters. The first kappa shape index (κ1) is 12.6. The Balaban J connectivity index is 2.25. The molecule has 0 saturated heterocycles. The van der Waals surface area contributed by atoms with Crippen molar-refractivity contribution in [3.8, 4) is 5.75 Å². The predicted octanol–water partition coefficient (Wildman–Crippen LogP) is 3.02. The zero-order valence-corrected chi connectivity index (χ0v) is 10.9. The predicted molar refractivity (Wildman–Crippen MR) is 70.1 cm³/mol. The van der Waals surface area contributed by atoms with Crippen LogP contribution in [0, 0.1) is 0 Å². The van der Waals surface area contributed by atoms with Crippen LogP contribution in [0.25, 0.3) is 0 Å². The molecule has 0 aliphatic rings. The van der Waals surface area contributed by atoms with E-state index in [1.165, 1.54) is 0 Å². The molecule has 0 spiro atoms. The number of benzene rings is 2. The summed E-state index contributed by atoms with van der Waals surface area (Å²) < 4.78 is 29.0. The van der Waals surface area contributed by atoms with Crippen LogP contribution < -0.4 is 4.18 Å². The van der Waals surface area contributed by atoms with Crippen molar-refractivity contribution in [2.45, 2.75) is 18.2 Å². The maximum absolute atomic E-state index is 12.0. The Hall–Kier alpha value is -1.81. The van der Waals surface area contributed by atoms with Gasteiger partial charge in [0.05, 0.1) is 0 Å². The molecule has 0 saturated carbocycles. The quantitative estimate of drug-likeness (QED) is 0.795. The van der Waals surface area contributed by atoms with Crippen LogP contribution in [0.1, 0.15) is 12.5 Å². The minimum Gasteiger partial charge on any atom is -0.379 e. The molecule has 0 bridgehead atoms. The van der Waals surface area contributed by atoms with Gasteiger partial charge in [-0.25, -0.2) is 0 Å². The SMILES string of the molecule is CCc1ccc(S(=O)(=O)Oc2ccccc2)cc1. The van der Waals surface area contributed by atoms with Gasteiger partial charge in [0.15, 0.2) is 0 Å². The molecule has 0 N–H and O–H groups in total. The zero-order valence-electron chi connectivity index (χ0n) is 10.0. The Morgan fingerprint density at radius 3 is 2.11 bits per heavy atom. The van der Waals surface area contributed by atoms with Crippen LogP contribution in [0.4, 0.5) is 0 Å². The second-order valence-electron chi connectivity index (χ2n) is 3.85. The second kappa shape index (κ2) is 5.23. The normalized spacial score (nSPS) is 11.2. The summed E-state index contributed by atoms with van der Waals surface area (Å²) in [7, 11) is -3.74. The highest BCUT2D eigenvalue weighted by Crippen LogP contribution is 2.18. The standard InChI is InChI=1S/C14H14O3S/c1-2-12-8-10-14(11-9-12)18(15,16)17-13-6-4-3-5-7-13/h3-11H,2H2,1H3. The first-order chi connectivity index (χ1) is 8.62. The molecule has 2 aromatic carbocycles. The Bertz CT molecular complexity index is 601. The van der Waals surface area contributed by atoms with Crippen molar-refractivity contribution in [1.29, 1.82) is 0 Å². The highest BCUT2D eigenvalue weighted by Gasteiger charge is 2.15. The first-order valence-corrected chi connectivity index (χ1v) is 7.11. The van der Waals surface area contributed by atoms with Gasteiger partial charge in [0, 0.05) is 0 Å². The number of hydrogen-bond acceptors (Lipinski definition) is 3. The van der Waals surface area contributed by atoms with Gasteiger partial charge in [-0.3, -0.25) is 0 Å². The number of hydrogen-bond donors (Lipinski definition) is 0. The molecule has 0 heterocycles. The zero-order chi connectivity index (χ0) is 13.0. The van der Waals surface area contributed by atoms with Crippen molar-refractivity contribution >= 4 is 10.1 Å². The van der Waals surface area contributed by atoms with Gasteiger partial charge < -0.3 is 4.18 Å². The minimum absolute atomic E-state index is 0.170. The van der Waals surface area contributed by atoms with E-state index in [4.69, 9.17) is 4.18 Å². The fraction of sp³-hybridized carbons (Fsp3) is 0.143. The maximum Gasteiger partial charge on any atom is 0.339 e. The van der Waals surface area contributed by atoms with E-state index in [2.05, 4.69) is 0 Å². The van der Waals surface area contributed by atoms with Crippen molar-refractivity contribution in [3.63, 3.8) is 0 Å². The fourth-order valence-corrected chi connectivity index (χ4v) is 2.47. The minimum atomic E-state index is -3.74. The van der Waals surface area contributed by atoms with Crippen molar-refractivity contribution in [2.24, 2.45) is 0 Å². The third-order valence-electron chi connectivity index (χ3n) is 2.57.